The van der Waals surface area contributed by atoms with Crippen molar-refractivity contribution in [3.05, 3.63) is 35.4 Å². The predicted octanol–water partition coefficient (Wildman–Crippen LogP) is 1.92. The zero-order chi connectivity index (χ0) is 13.2. The number of benzene rings is 1. The quantitative estimate of drug-likeness (QED) is 0.794. The van der Waals surface area contributed by atoms with Gasteiger partial charge in [0.25, 0.3) is 0 Å². The molecule has 0 fully saturated rings. The van der Waals surface area contributed by atoms with Gasteiger partial charge in [0.2, 0.25) is 0 Å². The highest BCUT2D eigenvalue weighted by Gasteiger charge is 2.15. The van der Waals surface area contributed by atoms with Crippen LogP contribution in [-0.2, 0) is 12.1 Å². The van der Waals surface area contributed by atoms with Gasteiger partial charge in [0.15, 0.2) is 5.96 Å². The Morgan fingerprint density at radius 2 is 1.95 bits per heavy atom. The van der Waals surface area contributed by atoms with Crippen molar-refractivity contribution in [1.82, 2.24) is 10.2 Å². The number of aliphatic imine (C=N–C) groups is 1. The molecule has 5 heteroatoms. The van der Waals surface area contributed by atoms with Crippen LogP contribution in [-0.4, -0.2) is 36.1 Å². The van der Waals surface area contributed by atoms with Crippen LogP contribution in [0.1, 0.15) is 25.0 Å². The average Bonchev–Trinajstić information content (AvgIpc) is 2.72. The zero-order valence-corrected chi connectivity index (χ0v) is 14.0. The van der Waals surface area contributed by atoms with Gasteiger partial charge in [0.1, 0.15) is 0 Å². The molecule has 106 valence electrons. The number of guanidine groups is 1. The van der Waals surface area contributed by atoms with Crippen molar-refractivity contribution in [2.24, 2.45) is 4.99 Å². The van der Waals surface area contributed by atoms with Gasteiger partial charge in [-0.15, -0.1) is 24.0 Å². The highest BCUT2D eigenvalue weighted by molar-refractivity contribution is 14.0. The number of aliphatic hydroxyl groups is 1. The van der Waals surface area contributed by atoms with E-state index in [9.17, 15) is 5.11 Å². The van der Waals surface area contributed by atoms with Crippen molar-refractivity contribution in [2.75, 3.05) is 20.1 Å². The zero-order valence-electron chi connectivity index (χ0n) is 11.7. The first kappa shape index (κ1) is 16.2. The Labute approximate surface area is 131 Å². The number of nitrogens with zero attached hydrogens (tertiary/aromatic N) is 2. The standard InChI is InChI=1S/C14H21N3O.HI/c1-14(2,18)12-6-4-11(5-7-12)10-16-13-15-8-9-17(13)3;/h4-7,18H,8-10H2,1-3H3,(H,15,16);1H. The van der Waals surface area contributed by atoms with Crippen LogP contribution < -0.4 is 5.32 Å². The summed E-state index contributed by atoms with van der Waals surface area (Å²) >= 11 is 0. The lowest BCUT2D eigenvalue weighted by atomic mass is 9.97. The van der Waals surface area contributed by atoms with Gasteiger partial charge in [0, 0.05) is 20.1 Å². The topological polar surface area (TPSA) is 47.9 Å². The summed E-state index contributed by atoms with van der Waals surface area (Å²) in [6.45, 7) is 6.21. The molecule has 1 aromatic carbocycles. The highest BCUT2D eigenvalue weighted by atomic mass is 127. The second-order valence-electron chi connectivity index (χ2n) is 5.24. The van der Waals surface area contributed by atoms with Crippen molar-refractivity contribution in [1.29, 1.82) is 0 Å². The normalized spacial score (nSPS) is 14.9. The number of rotatable bonds is 3. The van der Waals surface area contributed by atoms with Crippen LogP contribution in [0.4, 0.5) is 0 Å². The second-order valence-corrected chi connectivity index (χ2v) is 5.24. The second kappa shape index (κ2) is 6.56. The molecule has 0 spiro atoms. The molecule has 0 aliphatic carbocycles. The van der Waals surface area contributed by atoms with Crippen LogP contribution in [0.3, 0.4) is 0 Å². The maximum atomic E-state index is 9.88. The Morgan fingerprint density at radius 1 is 1.32 bits per heavy atom. The Bertz CT molecular complexity index is 437. The van der Waals surface area contributed by atoms with E-state index in [4.69, 9.17) is 0 Å². The van der Waals surface area contributed by atoms with E-state index >= 15 is 0 Å². The maximum Gasteiger partial charge on any atom is 0.194 e. The largest absolute Gasteiger partial charge is 0.386 e. The molecule has 2 N–H and O–H groups in total. The smallest absolute Gasteiger partial charge is 0.194 e. The van der Waals surface area contributed by atoms with Gasteiger partial charge in [-0.3, -0.25) is 4.99 Å². The Morgan fingerprint density at radius 3 is 2.42 bits per heavy atom. The van der Waals surface area contributed by atoms with Crippen LogP contribution >= 0.6 is 24.0 Å². The van der Waals surface area contributed by atoms with Gasteiger partial charge in [0.05, 0.1) is 12.1 Å². The maximum absolute atomic E-state index is 9.88. The van der Waals surface area contributed by atoms with E-state index < -0.39 is 5.60 Å². The first-order valence-corrected chi connectivity index (χ1v) is 6.28. The SMILES string of the molecule is CN1CCN=C1NCc1ccc(C(C)(C)O)cc1.I. The molecule has 0 amide bonds. The molecule has 0 saturated heterocycles. The molecule has 0 bridgehead atoms. The summed E-state index contributed by atoms with van der Waals surface area (Å²) in [7, 11) is 2.04. The van der Waals surface area contributed by atoms with E-state index in [1.807, 2.05) is 31.3 Å². The van der Waals surface area contributed by atoms with Crippen LogP contribution in [0.15, 0.2) is 29.3 Å². The average molecular weight is 375 g/mol. The van der Waals surface area contributed by atoms with E-state index in [1.165, 1.54) is 5.56 Å². The van der Waals surface area contributed by atoms with Crippen molar-refractivity contribution in [3.8, 4) is 0 Å². The van der Waals surface area contributed by atoms with Crippen LogP contribution in [0, 0.1) is 0 Å². The highest BCUT2D eigenvalue weighted by Crippen LogP contribution is 2.19. The molecular formula is C14H22IN3O. The first-order chi connectivity index (χ1) is 8.47. The van der Waals surface area contributed by atoms with E-state index in [0.29, 0.717) is 0 Å². The Hall–Kier alpha value is -0.820. The van der Waals surface area contributed by atoms with Crippen molar-refractivity contribution >= 4 is 29.9 Å². The molecule has 1 aliphatic heterocycles. The third-order valence-corrected chi connectivity index (χ3v) is 3.17. The van der Waals surface area contributed by atoms with Crippen LogP contribution in [0.2, 0.25) is 0 Å². The van der Waals surface area contributed by atoms with E-state index in [1.54, 1.807) is 13.8 Å². The molecule has 1 heterocycles. The van der Waals surface area contributed by atoms with Gasteiger partial charge in [-0.2, -0.15) is 0 Å². The predicted molar refractivity (Wildman–Crippen MR) is 88.9 cm³/mol. The molecule has 4 nitrogen and oxygen atoms in total. The minimum Gasteiger partial charge on any atom is -0.386 e. The summed E-state index contributed by atoms with van der Waals surface area (Å²) in [5.74, 6) is 0.960. The summed E-state index contributed by atoms with van der Waals surface area (Å²) in [6.07, 6.45) is 0. The lowest BCUT2D eigenvalue weighted by Gasteiger charge is -2.18. The van der Waals surface area contributed by atoms with E-state index in [2.05, 4.69) is 15.2 Å². The number of hydrogen-bond acceptors (Lipinski definition) is 4. The summed E-state index contributed by atoms with van der Waals surface area (Å²) in [5.41, 5.74) is 1.34. The van der Waals surface area contributed by atoms with Crippen LogP contribution in [0.5, 0.6) is 0 Å². The van der Waals surface area contributed by atoms with Crippen LogP contribution in [0.25, 0.3) is 0 Å². The summed E-state index contributed by atoms with van der Waals surface area (Å²) in [6, 6.07) is 8.01. The Balaban J connectivity index is 0.00000180. The molecule has 1 aliphatic rings. The van der Waals surface area contributed by atoms with E-state index in [0.717, 1.165) is 31.2 Å². The number of hydrogen-bond donors (Lipinski definition) is 2. The molecule has 1 aromatic rings. The minimum atomic E-state index is -0.776. The lowest BCUT2D eigenvalue weighted by molar-refractivity contribution is 0.0786. The third-order valence-electron chi connectivity index (χ3n) is 3.17. The molecule has 2 rings (SSSR count). The van der Waals surface area contributed by atoms with Gasteiger partial charge in [-0.05, 0) is 25.0 Å². The third kappa shape index (κ3) is 4.35. The summed E-state index contributed by atoms with van der Waals surface area (Å²) in [4.78, 5) is 6.50. The van der Waals surface area contributed by atoms with Crippen molar-refractivity contribution in [3.63, 3.8) is 0 Å². The van der Waals surface area contributed by atoms with Gasteiger partial charge < -0.3 is 15.3 Å². The monoisotopic (exact) mass is 375 g/mol. The Kier molecular flexibility index (Phi) is 5.61. The molecule has 0 radical (unpaired) electrons. The fourth-order valence-corrected chi connectivity index (χ4v) is 1.93. The molecule has 19 heavy (non-hydrogen) atoms. The van der Waals surface area contributed by atoms with Crippen molar-refractivity contribution in [2.45, 2.75) is 26.0 Å². The number of likely N-dealkylation sites (N-methyl/N-ethyl adjacent to an activating group) is 1. The van der Waals surface area contributed by atoms with Gasteiger partial charge in [-0.25, -0.2) is 0 Å². The first-order valence-electron chi connectivity index (χ1n) is 6.28. The van der Waals surface area contributed by atoms with Crippen molar-refractivity contribution < 1.29 is 5.11 Å². The fourth-order valence-electron chi connectivity index (χ4n) is 1.93. The summed E-state index contributed by atoms with van der Waals surface area (Å²) < 4.78 is 0. The molecule has 0 atom stereocenters. The summed E-state index contributed by atoms with van der Waals surface area (Å²) in [5, 5.41) is 13.2. The molecular weight excluding hydrogens is 353 g/mol. The fraction of sp³-hybridized carbons (Fsp3) is 0.500. The molecule has 0 aromatic heterocycles. The minimum absolute atomic E-state index is 0. The number of nitrogens with one attached hydrogen (secondary N) is 1. The molecule has 0 saturated carbocycles. The van der Waals surface area contributed by atoms with Gasteiger partial charge in [-0.1, -0.05) is 24.3 Å². The van der Waals surface area contributed by atoms with Gasteiger partial charge >= 0.3 is 0 Å². The lowest BCUT2D eigenvalue weighted by Crippen LogP contribution is -2.35. The molecule has 0 unspecified atom stereocenters. The van der Waals surface area contributed by atoms with E-state index in [-0.39, 0.29) is 24.0 Å². The number of halogens is 1.